The standard InChI is InChI=1S/C10H11ClO4S/c1-10(14-6-7-15-10)8-2-4-9(5-3-8)16(11,12)13/h2-5H,6-7H2,1H3. The van der Waals surface area contributed by atoms with E-state index in [0.717, 1.165) is 5.56 Å². The molecule has 1 aliphatic rings. The summed E-state index contributed by atoms with van der Waals surface area (Å²) in [6.07, 6.45) is 0. The zero-order valence-corrected chi connectivity index (χ0v) is 10.2. The van der Waals surface area contributed by atoms with Gasteiger partial charge in [0.2, 0.25) is 0 Å². The van der Waals surface area contributed by atoms with Gasteiger partial charge in [-0.1, -0.05) is 12.1 Å². The van der Waals surface area contributed by atoms with Gasteiger partial charge in [-0.25, -0.2) is 8.42 Å². The third-order valence-corrected chi connectivity index (χ3v) is 3.87. The first kappa shape index (κ1) is 11.9. The Bertz CT molecular complexity index is 474. The molecule has 1 fully saturated rings. The lowest BCUT2D eigenvalue weighted by atomic mass is 10.1. The zero-order chi connectivity index (χ0) is 11.8. The summed E-state index contributed by atoms with van der Waals surface area (Å²) < 4.78 is 33.0. The van der Waals surface area contributed by atoms with Gasteiger partial charge in [-0.05, 0) is 19.1 Å². The summed E-state index contributed by atoms with van der Waals surface area (Å²) in [7, 11) is 1.54. The maximum absolute atomic E-state index is 11.0. The second-order valence-corrected chi connectivity index (χ2v) is 6.17. The molecule has 0 N–H and O–H groups in total. The van der Waals surface area contributed by atoms with Crippen molar-refractivity contribution in [2.24, 2.45) is 0 Å². The molecule has 1 aromatic rings. The molecular weight excluding hydrogens is 252 g/mol. The highest BCUT2D eigenvalue weighted by molar-refractivity contribution is 8.13. The Hall–Kier alpha value is -0.620. The number of benzene rings is 1. The molecule has 0 aromatic heterocycles. The molecule has 6 heteroatoms. The first-order valence-corrected chi connectivity index (χ1v) is 7.06. The molecule has 88 valence electrons. The van der Waals surface area contributed by atoms with Crippen LogP contribution >= 0.6 is 10.7 Å². The van der Waals surface area contributed by atoms with Crippen LogP contribution in [0.3, 0.4) is 0 Å². The van der Waals surface area contributed by atoms with Crippen molar-refractivity contribution in [3.05, 3.63) is 29.8 Å². The van der Waals surface area contributed by atoms with Gasteiger partial charge in [0.05, 0.1) is 18.1 Å². The first-order valence-electron chi connectivity index (χ1n) is 4.75. The van der Waals surface area contributed by atoms with E-state index in [2.05, 4.69) is 0 Å². The molecular formula is C10H11ClO4S. The molecule has 0 bridgehead atoms. The van der Waals surface area contributed by atoms with Gasteiger partial charge in [0.25, 0.3) is 9.05 Å². The molecule has 0 saturated carbocycles. The number of hydrogen-bond donors (Lipinski definition) is 0. The number of ether oxygens (including phenoxy) is 2. The van der Waals surface area contributed by atoms with E-state index in [1.807, 2.05) is 0 Å². The molecule has 0 atom stereocenters. The Morgan fingerprint density at radius 1 is 1.19 bits per heavy atom. The third kappa shape index (κ3) is 2.22. The van der Waals surface area contributed by atoms with Crippen LogP contribution in [0.1, 0.15) is 12.5 Å². The molecule has 0 unspecified atom stereocenters. The molecule has 1 aromatic carbocycles. The topological polar surface area (TPSA) is 52.6 Å². The Balaban J connectivity index is 2.33. The van der Waals surface area contributed by atoms with E-state index in [1.54, 1.807) is 19.1 Å². The summed E-state index contributed by atoms with van der Waals surface area (Å²) >= 11 is 0. The van der Waals surface area contributed by atoms with Crippen LogP contribution in [0.4, 0.5) is 0 Å². The Morgan fingerprint density at radius 2 is 1.69 bits per heavy atom. The van der Waals surface area contributed by atoms with Gasteiger partial charge in [0.1, 0.15) is 0 Å². The molecule has 1 aliphatic heterocycles. The van der Waals surface area contributed by atoms with E-state index in [9.17, 15) is 8.42 Å². The number of halogens is 1. The fourth-order valence-electron chi connectivity index (χ4n) is 1.60. The molecule has 0 amide bonds. The van der Waals surface area contributed by atoms with Crippen molar-refractivity contribution in [1.82, 2.24) is 0 Å². The van der Waals surface area contributed by atoms with Crippen molar-refractivity contribution < 1.29 is 17.9 Å². The second kappa shape index (κ2) is 4.00. The summed E-state index contributed by atoms with van der Waals surface area (Å²) in [5, 5.41) is 0. The van der Waals surface area contributed by atoms with E-state index < -0.39 is 14.8 Å². The van der Waals surface area contributed by atoms with E-state index in [0.29, 0.717) is 13.2 Å². The molecule has 2 rings (SSSR count). The van der Waals surface area contributed by atoms with E-state index in [1.165, 1.54) is 12.1 Å². The monoisotopic (exact) mass is 262 g/mol. The van der Waals surface area contributed by atoms with Gasteiger partial charge in [-0.15, -0.1) is 0 Å². The van der Waals surface area contributed by atoms with Crippen molar-refractivity contribution >= 4 is 19.7 Å². The average Bonchev–Trinajstić information content (AvgIpc) is 2.66. The fourth-order valence-corrected chi connectivity index (χ4v) is 2.37. The highest BCUT2D eigenvalue weighted by Crippen LogP contribution is 2.31. The summed E-state index contributed by atoms with van der Waals surface area (Å²) in [4.78, 5) is 0.0690. The first-order chi connectivity index (χ1) is 7.42. The van der Waals surface area contributed by atoms with Gasteiger partial charge >= 0.3 is 0 Å². The van der Waals surface area contributed by atoms with Crippen LogP contribution in [-0.2, 0) is 24.3 Å². The fraction of sp³-hybridized carbons (Fsp3) is 0.400. The molecule has 0 radical (unpaired) electrons. The van der Waals surface area contributed by atoms with Gasteiger partial charge in [-0.3, -0.25) is 0 Å². The van der Waals surface area contributed by atoms with E-state index >= 15 is 0 Å². The minimum Gasteiger partial charge on any atom is -0.344 e. The minimum absolute atomic E-state index is 0.0690. The summed E-state index contributed by atoms with van der Waals surface area (Å²) in [5.41, 5.74) is 0.772. The molecule has 1 saturated heterocycles. The predicted octanol–water partition coefficient (Wildman–Crippen LogP) is 1.83. The smallest absolute Gasteiger partial charge is 0.261 e. The summed E-state index contributed by atoms with van der Waals surface area (Å²) in [5.74, 6) is -0.783. The van der Waals surface area contributed by atoms with Gasteiger partial charge in [-0.2, -0.15) is 0 Å². The van der Waals surface area contributed by atoms with Crippen LogP contribution in [0.5, 0.6) is 0 Å². The molecule has 4 nitrogen and oxygen atoms in total. The largest absolute Gasteiger partial charge is 0.344 e. The van der Waals surface area contributed by atoms with Gasteiger partial charge in [0.15, 0.2) is 5.79 Å². The Kier molecular flexibility index (Phi) is 2.96. The van der Waals surface area contributed by atoms with Crippen molar-refractivity contribution in [2.75, 3.05) is 13.2 Å². The normalized spacial score (nSPS) is 19.9. The van der Waals surface area contributed by atoms with Crippen LogP contribution < -0.4 is 0 Å². The van der Waals surface area contributed by atoms with Gasteiger partial charge in [0, 0.05) is 16.2 Å². The quantitative estimate of drug-likeness (QED) is 0.763. The Labute approximate surface area is 98.5 Å². The zero-order valence-electron chi connectivity index (χ0n) is 8.64. The van der Waals surface area contributed by atoms with Crippen LogP contribution in [0.2, 0.25) is 0 Å². The predicted molar refractivity (Wildman–Crippen MR) is 58.7 cm³/mol. The lowest BCUT2D eigenvalue weighted by Gasteiger charge is -2.22. The molecule has 0 aliphatic carbocycles. The summed E-state index contributed by atoms with van der Waals surface area (Å²) in [6, 6.07) is 6.16. The maximum Gasteiger partial charge on any atom is 0.261 e. The molecule has 16 heavy (non-hydrogen) atoms. The van der Waals surface area contributed by atoms with Crippen LogP contribution in [0.15, 0.2) is 29.2 Å². The summed E-state index contributed by atoms with van der Waals surface area (Å²) in [6.45, 7) is 2.86. The SMILES string of the molecule is CC1(c2ccc(S(=O)(=O)Cl)cc2)OCCO1. The number of rotatable bonds is 2. The minimum atomic E-state index is -3.67. The van der Waals surface area contributed by atoms with E-state index in [-0.39, 0.29) is 4.90 Å². The van der Waals surface area contributed by atoms with Crippen LogP contribution in [0.25, 0.3) is 0 Å². The van der Waals surface area contributed by atoms with Crippen LogP contribution in [0, 0.1) is 0 Å². The second-order valence-electron chi connectivity index (χ2n) is 3.60. The molecule has 0 spiro atoms. The third-order valence-electron chi connectivity index (χ3n) is 2.50. The highest BCUT2D eigenvalue weighted by atomic mass is 35.7. The highest BCUT2D eigenvalue weighted by Gasteiger charge is 2.33. The van der Waals surface area contributed by atoms with E-state index in [4.69, 9.17) is 20.2 Å². The number of hydrogen-bond acceptors (Lipinski definition) is 4. The molecule has 1 heterocycles. The lowest BCUT2D eigenvalue weighted by molar-refractivity contribution is -0.149. The van der Waals surface area contributed by atoms with Crippen molar-refractivity contribution in [2.45, 2.75) is 17.6 Å². The average molecular weight is 263 g/mol. The Morgan fingerprint density at radius 3 is 2.12 bits per heavy atom. The van der Waals surface area contributed by atoms with Crippen molar-refractivity contribution in [3.8, 4) is 0 Å². The van der Waals surface area contributed by atoms with Crippen molar-refractivity contribution in [3.63, 3.8) is 0 Å². The lowest BCUT2D eigenvalue weighted by Crippen LogP contribution is -2.22. The maximum atomic E-state index is 11.0. The van der Waals surface area contributed by atoms with Crippen LogP contribution in [-0.4, -0.2) is 21.6 Å². The van der Waals surface area contributed by atoms with Gasteiger partial charge < -0.3 is 9.47 Å². The van der Waals surface area contributed by atoms with Crippen molar-refractivity contribution in [1.29, 1.82) is 0 Å².